The van der Waals surface area contributed by atoms with Crippen molar-refractivity contribution >= 4 is 0 Å². The fraction of sp³-hybridized carbons (Fsp3) is 0.600. The van der Waals surface area contributed by atoms with E-state index in [-0.39, 0.29) is 0 Å². The van der Waals surface area contributed by atoms with Gasteiger partial charge < -0.3 is 10.5 Å². The van der Waals surface area contributed by atoms with Crippen molar-refractivity contribution in [3.63, 3.8) is 0 Å². The molecule has 0 radical (unpaired) electrons. The van der Waals surface area contributed by atoms with E-state index in [2.05, 4.69) is 14.9 Å². The molecule has 0 saturated carbocycles. The third-order valence-electron chi connectivity index (χ3n) is 2.59. The van der Waals surface area contributed by atoms with Crippen molar-refractivity contribution < 1.29 is 4.74 Å². The molecule has 1 fully saturated rings. The summed E-state index contributed by atoms with van der Waals surface area (Å²) in [5, 5.41) is 0. The van der Waals surface area contributed by atoms with Gasteiger partial charge in [-0.3, -0.25) is 4.90 Å². The number of morpholine rings is 1. The first-order chi connectivity index (χ1) is 7.40. The van der Waals surface area contributed by atoms with Crippen molar-refractivity contribution in [3.8, 4) is 0 Å². The Labute approximate surface area is 89.3 Å². The summed E-state index contributed by atoms with van der Waals surface area (Å²) in [5.41, 5.74) is 5.68. The van der Waals surface area contributed by atoms with Gasteiger partial charge in [0.05, 0.1) is 19.8 Å². The zero-order valence-corrected chi connectivity index (χ0v) is 8.67. The number of nitrogens with two attached hydrogens (primary N) is 1. The van der Waals surface area contributed by atoms with Crippen LogP contribution in [0.5, 0.6) is 0 Å². The molecule has 1 saturated heterocycles. The number of ether oxygens (including phenoxy) is 1. The maximum Gasteiger partial charge on any atom is 0.142 e. The van der Waals surface area contributed by atoms with E-state index in [1.165, 1.54) is 0 Å². The predicted molar refractivity (Wildman–Crippen MR) is 56.1 cm³/mol. The lowest BCUT2D eigenvalue weighted by Crippen LogP contribution is -2.48. The van der Waals surface area contributed by atoms with Crippen LogP contribution in [0.25, 0.3) is 0 Å². The van der Waals surface area contributed by atoms with Gasteiger partial charge in [0.15, 0.2) is 0 Å². The van der Waals surface area contributed by atoms with Crippen LogP contribution in [0.4, 0.5) is 0 Å². The molecular formula is C10H16N4O. The summed E-state index contributed by atoms with van der Waals surface area (Å²) >= 11 is 0. The van der Waals surface area contributed by atoms with Gasteiger partial charge >= 0.3 is 0 Å². The van der Waals surface area contributed by atoms with E-state index in [1.54, 1.807) is 12.4 Å². The van der Waals surface area contributed by atoms with Gasteiger partial charge in [0.25, 0.3) is 0 Å². The van der Waals surface area contributed by atoms with Crippen molar-refractivity contribution in [2.45, 2.75) is 12.6 Å². The van der Waals surface area contributed by atoms with Gasteiger partial charge in [-0.15, -0.1) is 0 Å². The van der Waals surface area contributed by atoms with Crippen molar-refractivity contribution in [1.82, 2.24) is 14.9 Å². The van der Waals surface area contributed by atoms with Crippen LogP contribution in [0.15, 0.2) is 18.5 Å². The fourth-order valence-corrected chi connectivity index (χ4v) is 1.71. The van der Waals surface area contributed by atoms with E-state index in [0.29, 0.717) is 19.2 Å². The van der Waals surface area contributed by atoms with E-state index in [1.807, 2.05) is 6.07 Å². The van der Waals surface area contributed by atoms with Gasteiger partial charge in [0.2, 0.25) is 0 Å². The first-order valence-corrected chi connectivity index (χ1v) is 5.18. The second-order valence-corrected chi connectivity index (χ2v) is 3.60. The monoisotopic (exact) mass is 208 g/mol. The van der Waals surface area contributed by atoms with Crippen LogP contribution in [-0.2, 0) is 11.3 Å². The highest BCUT2D eigenvalue weighted by Crippen LogP contribution is 2.08. The highest BCUT2D eigenvalue weighted by Gasteiger charge is 2.22. The molecule has 1 aliphatic rings. The minimum Gasteiger partial charge on any atom is -0.378 e. The van der Waals surface area contributed by atoms with Gasteiger partial charge in [-0.2, -0.15) is 0 Å². The number of hydrogen-bond donors (Lipinski definition) is 1. The van der Waals surface area contributed by atoms with E-state index >= 15 is 0 Å². The van der Waals surface area contributed by atoms with Crippen LogP contribution >= 0.6 is 0 Å². The summed E-state index contributed by atoms with van der Waals surface area (Å²) < 4.78 is 5.38. The topological polar surface area (TPSA) is 64.3 Å². The molecule has 1 unspecified atom stereocenters. The summed E-state index contributed by atoms with van der Waals surface area (Å²) in [6.45, 7) is 3.76. The number of hydrogen-bond acceptors (Lipinski definition) is 5. The molecule has 0 aliphatic carbocycles. The van der Waals surface area contributed by atoms with Crippen molar-refractivity contribution in [1.29, 1.82) is 0 Å². The molecule has 0 spiro atoms. The first-order valence-electron chi connectivity index (χ1n) is 5.18. The van der Waals surface area contributed by atoms with Crippen LogP contribution in [-0.4, -0.2) is 47.2 Å². The Morgan fingerprint density at radius 3 is 3.00 bits per heavy atom. The molecule has 1 aliphatic heterocycles. The fourth-order valence-electron chi connectivity index (χ4n) is 1.71. The summed E-state index contributed by atoms with van der Waals surface area (Å²) in [5.74, 6) is 0.845. The molecule has 1 aromatic rings. The quantitative estimate of drug-likeness (QED) is 0.734. The Bertz CT molecular complexity index is 293. The molecule has 0 aromatic carbocycles. The summed E-state index contributed by atoms with van der Waals surface area (Å²) in [6, 6.07) is 2.12. The molecule has 5 nitrogen and oxygen atoms in total. The van der Waals surface area contributed by atoms with E-state index in [0.717, 1.165) is 25.5 Å². The Balaban J connectivity index is 1.97. The molecule has 5 heteroatoms. The van der Waals surface area contributed by atoms with Gasteiger partial charge in [-0.05, 0) is 6.07 Å². The molecule has 0 amide bonds. The van der Waals surface area contributed by atoms with Gasteiger partial charge in [-0.25, -0.2) is 9.97 Å². The molecule has 15 heavy (non-hydrogen) atoms. The molecule has 2 rings (SSSR count). The third-order valence-corrected chi connectivity index (χ3v) is 2.59. The first kappa shape index (κ1) is 10.5. The summed E-state index contributed by atoms with van der Waals surface area (Å²) in [4.78, 5) is 10.7. The zero-order chi connectivity index (χ0) is 10.5. The minimum atomic E-state index is 0.294. The lowest BCUT2D eigenvalue weighted by Gasteiger charge is -2.34. The minimum absolute atomic E-state index is 0.294. The van der Waals surface area contributed by atoms with Gasteiger partial charge in [-0.1, -0.05) is 0 Å². The molecule has 1 atom stereocenters. The van der Waals surface area contributed by atoms with E-state index in [4.69, 9.17) is 10.5 Å². The van der Waals surface area contributed by atoms with Gasteiger partial charge in [0.1, 0.15) is 5.82 Å². The molecular weight excluding hydrogens is 192 g/mol. The van der Waals surface area contributed by atoms with E-state index in [9.17, 15) is 0 Å². The Morgan fingerprint density at radius 1 is 1.47 bits per heavy atom. The maximum atomic E-state index is 5.68. The zero-order valence-electron chi connectivity index (χ0n) is 8.67. The maximum absolute atomic E-state index is 5.68. The number of nitrogens with zero attached hydrogens (tertiary/aromatic N) is 3. The van der Waals surface area contributed by atoms with Crippen LogP contribution in [0.1, 0.15) is 5.82 Å². The Kier molecular flexibility index (Phi) is 3.60. The highest BCUT2D eigenvalue weighted by atomic mass is 16.5. The van der Waals surface area contributed by atoms with Crippen LogP contribution < -0.4 is 5.73 Å². The van der Waals surface area contributed by atoms with Crippen molar-refractivity contribution in [2.24, 2.45) is 5.73 Å². The standard InChI is InChI=1S/C10H16N4O/c11-6-9-8-15-5-4-14(9)7-10-12-2-1-3-13-10/h1-3,9H,4-8,11H2. The predicted octanol–water partition coefficient (Wildman–Crippen LogP) is -0.364. The number of aromatic nitrogens is 2. The normalized spacial score (nSPS) is 22.9. The molecule has 2 N–H and O–H groups in total. The average Bonchev–Trinajstić information content (AvgIpc) is 2.31. The number of rotatable bonds is 3. The highest BCUT2D eigenvalue weighted by molar-refractivity contribution is 4.90. The van der Waals surface area contributed by atoms with Crippen LogP contribution in [0.3, 0.4) is 0 Å². The van der Waals surface area contributed by atoms with Crippen molar-refractivity contribution in [2.75, 3.05) is 26.3 Å². The largest absolute Gasteiger partial charge is 0.378 e. The van der Waals surface area contributed by atoms with Crippen LogP contribution in [0.2, 0.25) is 0 Å². The van der Waals surface area contributed by atoms with Crippen LogP contribution in [0, 0.1) is 0 Å². The lowest BCUT2D eigenvalue weighted by molar-refractivity contribution is -0.00904. The summed E-state index contributed by atoms with van der Waals surface area (Å²) in [6.07, 6.45) is 3.53. The average molecular weight is 208 g/mol. The SMILES string of the molecule is NCC1COCCN1Cc1ncccn1. The second-order valence-electron chi connectivity index (χ2n) is 3.60. The van der Waals surface area contributed by atoms with E-state index < -0.39 is 0 Å². The summed E-state index contributed by atoms with van der Waals surface area (Å²) in [7, 11) is 0. The Morgan fingerprint density at radius 2 is 2.27 bits per heavy atom. The second kappa shape index (κ2) is 5.16. The molecule has 2 heterocycles. The lowest BCUT2D eigenvalue weighted by atomic mass is 10.2. The Hall–Kier alpha value is -1.04. The molecule has 0 bridgehead atoms. The smallest absolute Gasteiger partial charge is 0.142 e. The van der Waals surface area contributed by atoms with Gasteiger partial charge in [0, 0.05) is 31.5 Å². The third kappa shape index (κ3) is 2.71. The molecule has 82 valence electrons. The van der Waals surface area contributed by atoms with Crippen molar-refractivity contribution in [3.05, 3.63) is 24.3 Å². The molecule has 1 aromatic heterocycles.